The van der Waals surface area contributed by atoms with Gasteiger partial charge in [-0.3, -0.25) is 0 Å². The maximum Gasteiger partial charge on any atom is 0.121 e. The lowest BCUT2D eigenvalue weighted by Gasteiger charge is -2.20. The molecule has 2 heteroatoms. The Labute approximate surface area is 74.2 Å². The van der Waals surface area contributed by atoms with Crippen molar-refractivity contribution in [2.45, 2.75) is 39.7 Å². The van der Waals surface area contributed by atoms with Crippen LogP contribution in [-0.2, 0) is 4.74 Å². The monoisotopic (exact) mass is 170 g/mol. The summed E-state index contributed by atoms with van der Waals surface area (Å²) in [6, 6.07) is 0. The van der Waals surface area contributed by atoms with Crippen LogP contribution in [0, 0.1) is 5.41 Å². The van der Waals surface area contributed by atoms with Crippen LogP contribution in [0.15, 0.2) is 11.8 Å². The highest BCUT2D eigenvalue weighted by Crippen LogP contribution is 2.50. The number of hydrogen-bond donors (Lipinski definition) is 1. The molecular weight excluding hydrogens is 152 g/mol. The van der Waals surface area contributed by atoms with Gasteiger partial charge in [0.25, 0.3) is 0 Å². The van der Waals surface area contributed by atoms with Gasteiger partial charge in [-0.05, 0) is 32.8 Å². The summed E-state index contributed by atoms with van der Waals surface area (Å²) in [5.74, 6) is 0.734. The van der Waals surface area contributed by atoms with Crippen LogP contribution in [0.4, 0.5) is 0 Å². The Hall–Kier alpha value is -0.500. The molecule has 0 heterocycles. The lowest BCUT2D eigenvalue weighted by molar-refractivity contribution is 0.0622. The van der Waals surface area contributed by atoms with E-state index in [9.17, 15) is 5.11 Å². The number of allylic oxidation sites excluding steroid dienone is 1. The van der Waals surface area contributed by atoms with Crippen LogP contribution in [0.25, 0.3) is 0 Å². The predicted octanol–water partition coefficient (Wildman–Crippen LogP) is 2.09. The fourth-order valence-electron chi connectivity index (χ4n) is 1.30. The normalized spacial score (nSPS) is 23.5. The predicted molar refractivity (Wildman–Crippen MR) is 48.7 cm³/mol. The van der Waals surface area contributed by atoms with Gasteiger partial charge < -0.3 is 9.84 Å². The van der Waals surface area contributed by atoms with Gasteiger partial charge >= 0.3 is 0 Å². The maximum absolute atomic E-state index is 9.85. The van der Waals surface area contributed by atoms with E-state index in [0.717, 1.165) is 18.6 Å². The SMILES string of the molecule is C/C=C(\OCC)C(O)C1(C)CC1. The molecule has 1 fully saturated rings. The van der Waals surface area contributed by atoms with E-state index in [2.05, 4.69) is 6.92 Å². The molecule has 0 aromatic heterocycles. The van der Waals surface area contributed by atoms with Crippen LogP contribution in [-0.4, -0.2) is 17.8 Å². The van der Waals surface area contributed by atoms with Crippen LogP contribution in [0.3, 0.4) is 0 Å². The number of hydrogen-bond acceptors (Lipinski definition) is 2. The highest BCUT2D eigenvalue weighted by molar-refractivity contribution is 5.10. The van der Waals surface area contributed by atoms with Crippen LogP contribution in [0.2, 0.25) is 0 Å². The van der Waals surface area contributed by atoms with E-state index >= 15 is 0 Å². The molecule has 1 atom stereocenters. The number of aliphatic hydroxyl groups excluding tert-OH is 1. The van der Waals surface area contributed by atoms with Crippen LogP contribution in [0.1, 0.15) is 33.6 Å². The summed E-state index contributed by atoms with van der Waals surface area (Å²) < 4.78 is 5.33. The Morgan fingerprint density at radius 3 is 2.58 bits per heavy atom. The number of ether oxygens (including phenoxy) is 1. The van der Waals surface area contributed by atoms with Crippen molar-refractivity contribution in [1.29, 1.82) is 0 Å². The quantitative estimate of drug-likeness (QED) is 0.655. The molecule has 2 nitrogen and oxygen atoms in total. The van der Waals surface area contributed by atoms with Gasteiger partial charge in [-0.2, -0.15) is 0 Å². The highest BCUT2D eigenvalue weighted by Gasteiger charge is 2.46. The average molecular weight is 170 g/mol. The average Bonchev–Trinajstić information content (AvgIpc) is 2.79. The molecule has 70 valence electrons. The van der Waals surface area contributed by atoms with E-state index in [4.69, 9.17) is 4.74 Å². The third-order valence-corrected chi connectivity index (χ3v) is 2.56. The Bertz CT molecular complexity index is 180. The van der Waals surface area contributed by atoms with Gasteiger partial charge in [0, 0.05) is 5.41 Å². The zero-order valence-corrected chi connectivity index (χ0v) is 8.13. The van der Waals surface area contributed by atoms with Crippen molar-refractivity contribution in [3.8, 4) is 0 Å². The molecule has 1 N–H and O–H groups in total. The van der Waals surface area contributed by atoms with Gasteiger partial charge in [0.1, 0.15) is 11.9 Å². The van der Waals surface area contributed by atoms with Crippen LogP contribution < -0.4 is 0 Å². The minimum absolute atomic E-state index is 0.0943. The first-order valence-electron chi connectivity index (χ1n) is 4.61. The van der Waals surface area contributed by atoms with Gasteiger partial charge in [0.15, 0.2) is 0 Å². The lowest BCUT2D eigenvalue weighted by Crippen LogP contribution is -2.22. The molecule has 0 saturated heterocycles. The molecule has 1 aliphatic rings. The van der Waals surface area contributed by atoms with E-state index in [-0.39, 0.29) is 5.41 Å². The molecule has 0 amide bonds. The van der Waals surface area contributed by atoms with Gasteiger partial charge in [-0.1, -0.05) is 6.92 Å². The molecule has 0 aromatic rings. The second-order valence-electron chi connectivity index (χ2n) is 3.68. The van der Waals surface area contributed by atoms with Crippen LogP contribution in [0.5, 0.6) is 0 Å². The van der Waals surface area contributed by atoms with E-state index in [0.29, 0.717) is 6.61 Å². The summed E-state index contributed by atoms with van der Waals surface area (Å²) in [5.41, 5.74) is 0.0943. The largest absolute Gasteiger partial charge is 0.496 e. The molecule has 1 unspecified atom stereocenters. The zero-order chi connectivity index (χ0) is 9.19. The fourth-order valence-corrected chi connectivity index (χ4v) is 1.30. The summed E-state index contributed by atoms with van der Waals surface area (Å²) in [5, 5.41) is 9.85. The first-order chi connectivity index (χ1) is 5.64. The topological polar surface area (TPSA) is 29.5 Å². The highest BCUT2D eigenvalue weighted by atomic mass is 16.5. The molecule has 0 spiro atoms. The second-order valence-corrected chi connectivity index (χ2v) is 3.68. The van der Waals surface area contributed by atoms with Crippen molar-refractivity contribution < 1.29 is 9.84 Å². The molecule has 0 aliphatic heterocycles. The molecule has 1 aliphatic carbocycles. The van der Waals surface area contributed by atoms with Crippen molar-refractivity contribution in [2.75, 3.05) is 6.61 Å². The third kappa shape index (κ3) is 1.81. The second kappa shape index (κ2) is 3.48. The molecule has 12 heavy (non-hydrogen) atoms. The van der Waals surface area contributed by atoms with Gasteiger partial charge in [-0.15, -0.1) is 0 Å². The lowest BCUT2D eigenvalue weighted by atomic mass is 10.0. The minimum Gasteiger partial charge on any atom is -0.496 e. The summed E-state index contributed by atoms with van der Waals surface area (Å²) >= 11 is 0. The first-order valence-corrected chi connectivity index (χ1v) is 4.61. The summed E-state index contributed by atoms with van der Waals surface area (Å²) in [6.45, 7) is 6.57. The van der Waals surface area contributed by atoms with Crippen molar-refractivity contribution in [2.24, 2.45) is 5.41 Å². The molecule has 0 radical (unpaired) electrons. The summed E-state index contributed by atoms with van der Waals surface area (Å²) in [6.07, 6.45) is 3.68. The Morgan fingerprint density at radius 2 is 2.25 bits per heavy atom. The molecule has 0 aromatic carbocycles. The van der Waals surface area contributed by atoms with Crippen molar-refractivity contribution in [1.82, 2.24) is 0 Å². The van der Waals surface area contributed by atoms with E-state index in [1.807, 2.05) is 19.9 Å². The smallest absolute Gasteiger partial charge is 0.121 e. The third-order valence-electron chi connectivity index (χ3n) is 2.56. The van der Waals surface area contributed by atoms with Gasteiger partial charge in [0.05, 0.1) is 6.61 Å². The maximum atomic E-state index is 9.85. The molecular formula is C10H18O2. The number of aliphatic hydroxyl groups is 1. The van der Waals surface area contributed by atoms with Crippen molar-refractivity contribution >= 4 is 0 Å². The molecule has 1 saturated carbocycles. The number of rotatable bonds is 4. The Balaban J connectivity index is 2.54. The van der Waals surface area contributed by atoms with E-state index in [1.165, 1.54) is 0 Å². The van der Waals surface area contributed by atoms with Gasteiger partial charge in [0.2, 0.25) is 0 Å². The van der Waals surface area contributed by atoms with E-state index in [1.54, 1.807) is 0 Å². The van der Waals surface area contributed by atoms with E-state index < -0.39 is 6.10 Å². The Morgan fingerprint density at radius 1 is 1.67 bits per heavy atom. The minimum atomic E-state index is -0.401. The van der Waals surface area contributed by atoms with Crippen LogP contribution >= 0.6 is 0 Å². The zero-order valence-electron chi connectivity index (χ0n) is 8.13. The molecule has 1 rings (SSSR count). The standard InChI is InChI=1S/C10H18O2/c1-4-8(12-5-2)9(11)10(3)6-7-10/h4,9,11H,5-7H2,1-3H3/b8-4-. The molecule has 0 bridgehead atoms. The first kappa shape index (κ1) is 9.59. The van der Waals surface area contributed by atoms with Gasteiger partial charge in [-0.25, -0.2) is 0 Å². The van der Waals surface area contributed by atoms with Crippen molar-refractivity contribution in [3.05, 3.63) is 11.8 Å². The van der Waals surface area contributed by atoms with Crippen molar-refractivity contribution in [3.63, 3.8) is 0 Å². The Kier molecular flexibility index (Phi) is 2.78. The summed E-state index contributed by atoms with van der Waals surface area (Å²) in [7, 11) is 0. The fraction of sp³-hybridized carbons (Fsp3) is 0.800. The summed E-state index contributed by atoms with van der Waals surface area (Å²) in [4.78, 5) is 0.